The summed E-state index contributed by atoms with van der Waals surface area (Å²) in [6, 6.07) is 2.86. The minimum Gasteiger partial charge on any atom is -0.465 e. The van der Waals surface area contributed by atoms with E-state index >= 15 is 0 Å². The van der Waals surface area contributed by atoms with Gasteiger partial charge < -0.3 is 13.8 Å². The summed E-state index contributed by atoms with van der Waals surface area (Å²) in [5.41, 5.74) is 0.634. The fourth-order valence-electron chi connectivity index (χ4n) is 1.71. The van der Waals surface area contributed by atoms with Crippen molar-refractivity contribution in [3.8, 4) is 0 Å². The van der Waals surface area contributed by atoms with Crippen molar-refractivity contribution in [1.29, 1.82) is 0 Å². The van der Waals surface area contributed by atoms with Crippen LogP contribution in [-0.2, 0) is 24.5 Å². The molecule has 0 aliphatic heterocycles. The van der Waals surface area contributed by atoms with Crippen molar-refractivity contribution in [3.63, 3.8) is 0 Å². The van der Waals surface area contributed by atoms with Gasteiger partial charge in [-0.3, -0.25) is 4.57 Å². The van der Waals surface area contributed by atoms with Gasteiger partial charge in [0.25, 0.3) is 0 Å². The number of hydrogen-bond donors (Lipinski definition) is 0. The van der Waals surface area contributed by atoms with Crippen LogP contribution in [0.15, 0.2) is 12.1 Å². The molecule has 0 aliphatic carbocycles. The highest BCUT2D eigenvalue weighted by Crippen LogP contribution is 2.52. The summed E-state index contributed by atoms with van der Waals surface area (Å²) in [4.78, 5) is 11.5. The summed E-state index contributed by atoms with van der Waals surface area (Å²) in [5.74, 6) is -0.591. The molecule has 0 spiro atoms. The quantitative estimate of drug-likeness (QED) is 0.531. The minimum atomic E-state index is -3.29. The summed E-state index contributed by atoms with van der Waals surface area (Å²) in [6.07, 6.45) is -0.0192. The molecular weight excluding hydrogens is 338 g/mol. The van der Waals surface area contributed by atoms with E-state index in [0.717, 1.165) is 0 Å². The monoisotopic (exact) mass is 354 g/mol. The molecule has 8 heteroatoms. The molecule has 0 radical (unpaired) electrons. The van der Waals surface area contributed by atoms with Crippen molar-refractivity contribution >= 4 is 36.8 Å². The highest BCUT2D eigenvalue weighted by atomic mass is 35.5. The van der Waals surface area contributed by atoms with Crippen LogP contribution in [0.4, 0.5) is 0 Å². The third-order valence-electron chi connectivity index (χ3n) is 2.56. The van der Waals surface area contributed by atoms with Gasteiger partial charge in [0.2, 0.25) is 0 Å². The van der Waals surface area contributed by atoms with Crippen molar-refractivity contribution in [2.75, 3.05) is 20.3 Å². The Kier molecular flexibility index (Phi) is 7.17. The average molecular weight is 355 g/mol. The van der Waals surface area contributed by atoms with Crippen LogP contribution in [0.25, 0.3) is 0 Å². The molecule has 1 rings (SSSR count). The van der Waals surface area contributed by atoms with E-state index in [0.29, 0.717) is 5.56 Å². The van der Waals surface area contributed by atoms with Crippen LogP contribution in [0, 0.1) is 0 Å². The zero-order valence-corrected chi connectivity index (χ0v) is 14.4. The smallest absolute Gasteiger partial charge is 0.339 e. The Morgan fingerprint density at radius 2 is 1.71 bits per heavy atom. The lowest BCUT2D eigenvalue weighted by atomic mass is 10.1. The molecule has 0 heterocycles. The van der Waals surface area contributed by atoms with Crippen LogP contribution in [0.1, 0.15) is 29.8 Å². The van der Waals surface area contributed by atoms with Gasteiger partial charge in [0.15, 0.2) is 0 Å². The molecule has 0 bridgehead atoms. The molecule has 0 saturated heterocycles. The number of rotatable bonds is 7. The van der Waals surface area contributed by atoms with Crippen molar-refractivity contribution < 1.29 is 23.1 Å². The molecule has 0 aliphatic rings. The predicted molar refractivity (Wildman–Crippen MR) is 82.4 cm³/mol. The Morgan fingerprint density at radius 1 is 1.14 bits per heavy atom. The number of carbonyl (C=O) groups excluding carboxylic acids is 1. The van der Waals surface area contributed by atoms with Crippen LogP contribution in [0.2, 0.25) is 10.0 Å². The van der Waals surface area contributed by atoms with E-state index in [1.165, 1.54) is 19.2 Å². The second kappa shape index (κ2) is 8.16. The Balaban J connectivity index is 3.12. The fourth-order valence-corrected chi connectivity index (χ4v) is 4.02. The number of methoxy groups -OCH3 is 1. The molecule has 118 valence electrons. The van der Waals surface area contributed by atoms with E-state index < -0.39 is 13.6 Å². The average Bonchev–Trinajstić information content (AvgIpc) is 2.42. The molecule has 1 aromatic rings. The summed E-state index contributed by atoms with van der Waals surface area (Å²) >= 11 is 12.1. The van der Waals surface area contributed by atoms with E-state index in [-0.39, 0.29) is 35.0 Å². The third kappa shape index (κ3) is 4.97. The van der Waals surface area contributed by atoms with E-state index in [1.807, 2.05) is 0 Å². The second-order valence-corrected chi connectivity index (χ2v) is 6.89. The molecule has 0 saturated carbocycles. The van der Waals surface area contributed by atoms with Gasteiger partial charge in [-0.15, -0.1) is 0 Å². The fraction of sp³-hybridized carbons (Fsp3) is 0.462. The predicted octanol–water partition coefficient (Wildman–Crippen LogP) is 4.55. The molecule has 5 nitrogen and oxygen atoms in total. The van der Waals surface area contributed by atoms with E-state index in [4.69, 9.17) is 32.2 Å². The summed E-state index contributed by atoms with van der Waals surface area (Å²) < 4.78 is 27.5. The molecular formula is C13H17Cl2O5P. The van der Waals surface area contributed by atoms with Gasteiger partial charge in [0.05, 0.1) is 37.1 Å². The molecule has 0 unspecified atom stereocenters. The van der Waals surface area contributed by atoms with Crippen LogP contribution in [0.5, 0.6) is 0 Å². The number of halogens is 2. The van der Waals surface area contributed by atoms with E-state index in [9.17, 15) is 9.36 Å². The van der Waals surface area contributed by atoms with Gasteiger partial charge in [-0.1, -0.05) is 23.2 Å². The van der Waals surface area contributed by atoms with Crippen LogP contribution in [-0.4, -0.2) is 26.3 Å². The summed E-state index contributed by atoms with van der Waals surface area (Å²) in [5, 5.41) is 0.417. The first kappa shape index (κ1) is 18.5. The van der Waals surface area contributed by atoms with Crippen LogP contribution >= 0.6 is 30.8 Å². The zero-order chi connectivity index (χ0) is 16.0. The van der Waals surface area contributed by atoms with Crippen molar-refractivity contribution in [2.24, 2.45) is 0 Å². The molecule has 21 heavy (non-hydrogen) atoms. The number of carbonyl (C=O) groups is 1. The Hall–Kier alpha value is -0.580. The third-order valence-corrected chi connectivity index (χ3v) is 5.25. The minimum absolute atomic E-state index is 0.0192. The first-order valence-corrected chi connectivity index (χ1v) is 8.79. The topological polar surface area (TPSA) is 61.8 Å². The maximum atomic E-state index is 12.5. The summed E-state index contributed by atoms with van der Waals surface area (Å²) in [6.45, 7) is 3.95. The standard InChI is InChI=1S/C13H17Cl2O5P/c1-4-19-21(17,20-5-2)8-9-6-12(15)10(7-11(9)14)13(16)18-3/h6-7H,4-5,8H2,1-3H3. The number of esters is 1. The highest BCUT2D eigenvalue weighted by molar-refractivity contribution is 7.53. The lowest BCUT2D eigenvalue weighted by molar-refractivity contribution is 0.0601. The van der Waals surface area contributed by atoms with Gasteiger partial charge >= 0.3 is 13.6 Å². The first-order chi connectivity index (χ1) is 9.86. The van der Waals surface area contributed by atoms with Gasteiger partial charge in [0.1, 0.15) is 0 Å². The summed E-state index contributed by atoms with van der Waals surface area (Å²) in [7, 11) is -2.04. The van der Waals surface area contributed by atoms with Gasteiger partial charge in [0, 0.05) is 5.02 Å². The first-order valence-electron chi connectivity index (χ1n) is 6.31. The molecule has 0 N–H and O–H groups in total. The Labute approximate surface area is 134 Å². The lowest BCUT2D eigenvalue weighted by Gasteiger charge is -2.18. The van der Waals surface area contributed by atoms with Gasteiger partial charge in [-0.25, -0.2) is 4.79 Å². The zero-order valence-electron chi connectivity index (χ0n) is 12.0. The van der Waals surface area contributed by atoms with Gasteiger partial charge in [-0.05, 0) is 31.5 Å². The Morgan fingerprint density at radius 3 is 2.19 bits per heavy atom. The number of benzene rings is 1. The molecule has 0 aromatic heterocycles. The van der Waals surface area contributed by atoms with Crippen molar-refractivity contribution in [1.82, 2.24) is 0 Å². The Bertz CT molecular complexity index is 552. The van der Waals surface area contributed by atoms with Crippen molar-refractivity contribution in [2.45, 2.75) is 20.0 Å². The lowest BCUT2D eigenvalue weighted by Crippen LogP contribution is -2.04. The van der Waals surface area contributed by atoms with E-state index in [2.05, 4.69) is 4.74 Å². The number of ether oxygens (including phenoxy) is 1. The normalized spacial score (nSPS) is 11.5. The SMILES string of the molecule is CCOP(=O)(Cc1cc(Cl)c(C(=O)OC)cc1Cl)OCC. The number of hydrogen-bond acceptors (Lipinski definition) is 5. The largest absolute Gasteiger partial charge is 0.465 e. The second-order valence-electron chi connectivity index (χ2n) is 4.02. The highest BCUT2D eigenvalue weighted by Gasteiger charge is 2.26. The van der Waals surface area contributed by atoms with Crippen LogP contribution in [0.3, 0.4) is 0 Å². The molecule has 0 fully saturated rings. The maximum Gasteiger partial charge on any atom is 0.339 e. The van der Waals surface area contributed by atoms with E-state index in [1.54, 1.807) is 13.8 Å². The molecule has 0 amide bonds. The molecule has 1 aromatic carbocycles. The molecule has 0 atom stereocenters. The van der Waals surface area contributed by atoms with Crippen LogP contribution < -0.4 is 0 Å². The maximum absolute atomic E-state index is 12.5. The van der Waals surface area contributed by atoms with Crippen molar-refractivity contribution in [3.05, 3.63) is 33.3 Å². The van der Waals surface area contributed by atoms with Gasteiger partial charge in [-0.2, -0.15) is 0 Å².